The van der Waals surface area contributed by atoms with Crippen molar-refractivity contribution < 1.29 is 4.74 Å². The largest absolute Gasteiger partial charge is 0.489 e. The molecule has 0 radical (unpaired) electrons. The summed E-state index contributed by atoms with van der Waals surface area (Å²) in [6.07, 6.45) is 3.62. The van der Waals surface area contributed by atoms with Crippen LogP contribution in [0.1, 0.15) is 38.7 Å². The second kappa shape index (κ2) is 4.69. The molecule has 0 bridgehead atoms. The van der Waals surface area contributed by atoms with Crippen LogP contribution in [0.25, 0.3) is 0 Å². The third-order valence-corrected chi connectivity index (χ3v) is 3.98. The van der Waals surface area contributed by atoms with E-state index in [9.17, 15) is 0 Å². The Kier molecular flexibility index (Phi) is 3.43. The molecule has 2 N–H and O–H groups in total. The van der Waals surface area contributed by atoms with E-state index in [4.69, 9.17) is 10.5 Å². The standard InChI is InChI=1S/C15H23NO/c1-11-7-4-5-8-12(11)17-13-9-6-10-15(2,3)14(13)16/h4-5,7-8,13-14H,6,9-10,16H2,1-3H3. The van der Waals surface area contributed by atoms with Crippen molar-refractivity contribution in [2.75, 3.05) is 0 Å². The van der Waals surface area contributed by atoms with Crippen molar-refractivity contribution in [3.8, 4) is 5.75 Å². The minimum atomic E-state index is 0.121. The van der Waals surface area contributed by atoms with Gasteiger partial charge in [-0.25, -0.2) is 0 Å². The van der Waals surface area contributed by atoms with Crippen molar-refractivity contribution >= 4 is 0 Å². The molecule has 0 saturated heterocycles. The zero-order valence-corrected chi connectivity index (χ0v) is 11.1. The van der Waals surface area contributed by atoms with Gasteiger partial charge in [-0.15, -0.1) is 0 Å². The molecule has 1 aromatic carbocycles. The van der Waals surface area contributed by atoms with Crippen LogP contribution in [0, 0.1) is 12.3 Å². The van der Waals surface area contributed by atoms with Crippen molar-refractivity contribution in [2.24, 2.45) is 11.1 Å². The Morgan fingerprint density at radius 1 is 1.29 bits per heavy atom. The summed E-state index contributed by atoms with van der Waals surface area (Å²) in [5.41, 5.74) is 7.70. The lowest BCUT2D eigenvalue weighted by atomic mass is 9.72. The van der Waals surface area contributed by atoms with Crippen molar-refractivity contribution in [3.63, 3.8) is 0 Å². The second-order valence-electron chi connectivity index (χ2n) is 5.83. The monoisotopic (exact) mass is 233 g/mol. The maximum Gasteiger partial charge on any atom is 0.122 e. The summed E-state index contributed by atoms with van der Waals surface area (Å²) in [4.78, 5) is 0. The lowest BCUT2D eigenvalue weighted by Gasteiger charge is -2.41. The summed E-state index contributed by atoms with van der Waals surface area (Å²) in [6, 6.07) is 8.28. The summed E-state index contributed by atoms with van der Waals surface area (Å²) >= 11 is 0. The average molecular weight is 233 g/mol. The maximum absolute atomic E-state index is 6.33. The van der Waals surface area contributed by atoms with Crippen LogP contribution in [0.4, 0.5) is 0 Å². The van der Waals surface area contributed by atoms with E-state index in [1.165, 1.54) is 18.4 Å². The first kappa shape index (κ1) is 12.4. The van der Waals surface area contributed by atoms with Crippen molar-refractivity contribution in [1.29, 1.82) is 0 Å². The van der Waals surface area contributed by atoms with Gasteiger partial charge < -0.3 is 10.5 Å². The van der Waals surface area contributed by atoms with Crippen LogP contribution in [0.2, 0.25) is 0 Å². The van der Waals surface area contributed by atoms with E-state index in [1.807, 2.05) is 18.2 Å². The Balaban J connectivity index is 2.11. The zero-order valence-electron chi connectivity index (χ0n) is 11.1. The number of rotatable bonds is 2. The summed E-state index contributed by atoms with van der Waals surface area (Å²) in [6.45, 7) is 6.56. The molecule has 94 valence electrons. The fourth-order valence-corrected chi connectivity index (χ4v) is 2.59. The number of aryl methyl sites for hydroxylation is 1. The van der Waals surface area contributed by atoms with Gasteiger partial charge in [0.25, 0.3) is 0 Å². The molecule has 2 rings (SSSR count). The van der Waals surface area contributed by atoms with Gasteiger partial charge in [0.05, 0.1) is 0 Å². The van der Waals surface area contributed by atoms with Crippen LogP contribution >= 0.6 is 0 Å². The van der Waals surface area contributed by atoms with E-state index in [-0.39, 0.29) is 17.6 Å². The van der Waals surface area contributed by atoms with Crippen LogP contribution < -0.4 is 10.5 Å². The van der Waals surface area contributed by atoms with Crippen LogP contribution in [0.15, 0.2) is 24.3 Å². The normalized spacial score (nSPS) is 27.8. The van der Waals surface area contributed by atoms with Gasteiger partial charge in [-0.3, -0.25) is 0 Å². The average Bonchev–Trinajstić information content (AvgIpc) is 2.28. The van der Waals surface area contributed by atoms with Crippen molar-refractivity contribution in [3.05, 3.63) is 29.8 Å². The molecule has 1 aromatic rings. The predicted octanol–water partition coefficient (Wildman–Crippen LogP) is 3.28. The Morgan fingerprint density at radius 3 is 2.71 bits per heavy atom. The fourth-order valence-electron chi connectivity index (χ4n) is 2.59. The highest BCUT2D eigenvalue weighted by atomic mass is 16.5. The van der Waals surface area contributed by atoms with Gasteiger partial charge in [-0.05, 0) is 43.2 Å². The van der Waals surface area contributed by atoms with E-state index in [0.717, 1.165) is 12.2 Å². The fraction of sp³-hybridized carbons (Fsp3) is 0.600. The molecule has 0 spiro atoms. The highest BCUT2D eigenvalue weighted by molar-refractivity contribution is 5.32. The Morgan fingerprint density at radius 2 is 2.00 bits per heavy atom. The van der Waals surface area contributed by atoms with Crippen LogP contribution in [-0.4, -0.2) is 12.1 Å². The topological polar surface area (TPSA) is 35.2 Å². The minimum Gasteiger partial charge on any atom is -0.489 e. The number of ether oxygens (including phenoxy) is 1. The number of hydrogen-bond donors (Lipinski definition) is 1. The number of nitrogens with two attached hydrogens (primary N) is 1. The molecule has 0 aromatic heterocycles. The number of benzene rings is 1. The molecule has 1 aliphatic rings. The van der Waals surface area contributed by atoms with Gasteiger partial charge in [0.15, 0.2) is 0 Å². The first-order valence-corrected chi connectivity index (χ1v) is 6.48. The van der Waals surface area contributed by atoms with Crippen molar-refractivity contribution in [2.45, 2.75) is 52.2 Å². The number of hydrogen-bond acceptors (Lipinski definition) is 2. The zero-order chi connectivity index (χ0) is 12.5. The van der Waals surface area contributed by atoms with Gasteiger partial charge in [0.2, 0.25) is 0 Å². The molecule has 1 fully saturated rings. The highest BCUT2D eigenvalue weighted by Crippen LogP contribution is 2.36. The first-order valence-electron chi connectivity index (χ1n) is 6.48. The molecule has 1 saturated carbocycles. The highest BCUT2D eigenvalue weighted by Gasteiger charge is 2.37. The molecule has 17 heavy (non-hydrogen) atoms. The van der Waals surface area contributed by atoms with E-state index < -0.39 is 0 Å². The third kappa shape index (κ3) is 2.63. The third-order valence-electron chi connectivity index (χ3n) is 3.98. The van der Waals surface area contributed by atoms with Gasteiger partial charge in [0.1, 0.15) is 11.9 Å². The molecule has 2 heteroatoms. The van der Waals surface area contributed by atoms with Gasteiger partial charge in [-0.1, -0.05) is 32.0 Å². The van der Waals surface area contributed by atoms with Gasteiger partial charge in [0, 0.05) is 6.04 Å². The molecule has 0 aliphatic heterocycles. The summed E-state index contributed by atoms with van der Waals surface area (Å²) in [7, 11) is 0. The lowest BCUT2D eigenvalue weighted by Crippen LogP contribution is -2.51. The number of para-hydroxylation sites is 1. The summed E-state index contributed by atoms with van der Waals surface area (Å²) in [5, 5.41) is 0. The smallest absolute Gasteiger partial charge is 0.122 e. The van der Waals surface area contributed by atoms with Gasteiger partial charge >= 0.3 is 0 Å². The van der Waals surface area contributed by atoms with E-state index >= 15 is 0 Å². The second-order valence-corrected chi connectivity index (χ2v) is 5.83. The van der Waals surface area contributed by atoms with Crippen LogP contribution in [0.5, 0.6) is 5.75 Å². The molecular formula is C15H23NO. The summed E-state index contributed by atoms with van der Waals surface area (Å²) in [5.74, 6) is 0.977. The maximum atomic E-state index is 6.33. The lowest BCUT2D eigenvalue weighted by molar-refractivity contribution is 0.0563. The first-order chi connectivity index (χ1) is 8.00. The molecule has 0 amide bonds. The Labute approximate surface area is 104 Å². The Bertz CT molecular complexity index is 386. The summed E-state index contributed by atoms with van der Waals surface area (Å²) < 4.78 is 6.11. The molecule has 0 heterocycles. The van der Waals surface area contributed by atoms with Crippen molar-refractivity contribution in [1.82, 2.24) is 0 Å². The molecule has 1 aliphatic carbocycles. The molecule has 2 atom stereocenters. The van der Waals surface area contributed by atoms with E-state index in [2.05, 4.69) is 26.8 Å². The van der Waals surface area contributed by atoms with Crippen LogP contribution in [0.3, 0.4) is 0 Å². The Hall–Kier alpha value is -1.02. The molecular weight excluding hydrogens is 210 g/mol. The van der Waals surface area contributed by atoms with E-state index in [0.29, 0.717) is 0 Å². The molecule has 2 unspecified atom stereocenters. The SMILES string of the molecule is Cc1ccccc1OC1CCCC(C)(C)C1N. The predicted molar refractivity (Wildman–Crippen MR) is 71.2 cm³/mol. The van der Waals surface area contributed by atoms with E-state index in [1.54, 1.807) is 0 Å². The minimum absolute atomic E-state index is 0.121. The quantitative estimate of drug-likeness (QED) is 0.850. The van der Waals surface area contributed by atoms with Crippen LogP contribution in [-0.2, 0) is 0 Å². The molecule has 2 nitrogen and oxygen atoms in total. The van der Waals surface area contributed by atoms with Gasteiger partial charge in [-0.2, -0.15) is 0 Å².